The molecule has 0 radical (unpaired) electrons. The monoisotopic (exact) mass is 321 g/mol. The summed E-state index contributed by atoms with van der Waals surface area (Å²) in [7, 11) is 4.98. The molecule has 22 heavy (non-hydrogen) atoms. The topological polar surface area (TPSA) is 72.5 Å². The van der Waals surface area contributed by atoms with Gasteiger partial charge in [0.1, 0.15) is 0 Å². The molecule has 0 aliphatic rings. The number of rotatable bonds is 7. The van der Waals surface area contributed by atoms with Crippen LogP contribution in [0.4, 0.5) is 5.13 Å². The van der Waals surface area contributed by atoms with Crippen LogP contribution >= 0.6 is 11.3 Å². The molecule has 0 fully saturated rings. The molecule has 2 rings (SSSR count). The van der Waals surface area contributed by atoms with Crippen molar-refractivity contribution in [2.75, 3.05) is 26.6 Å². The number of nitrogens with one attached hydrogen (secondary N) is 2. The molecular weight excluding hydrogens is 302 g/mol. The van der Waals surface area contributed by atoms with Crippen molar-refractivity contribution in [3.63, 3.8) is 0 Å². The third-order valence-electron chi connectivity index (χ3n) is 3.04. The van der Waals surface area contributed by atoms with Crippen molar-refractivity contribution in [2.24, 2.45) is 0 Å². The van der Waals surface area contributed by atoms with Crippen molar-refractivity contribution in [1.82, 2.24) is 10.3 Å². The smallest absolute Gasteiger partial charge is 0.226 e. The number of hydrogen-bond acceptors (Lipinski definition) is 6. The Bertz CT molecular complexity index is 643. The van der Waals surface area contributed by atoms with Crippen LogP contribution < -0.4 is 20.1 Å². The van der Waals surface area contributed by atoms with E-state index in [-0.39, 0.29) is 12.3 Å². The number of aromatic nitrogens is 1. The first-order valence-electron chi connectivity index (χ1n) is 6.76. The Kier molecular flexibility index (Phi) is 5.60. The molecule has 118 valence electrons. The van der Waals surface area contributed by atoms with Gasteiger partial charge in [-0.1, -0.05) is 6.07 Å². The van der Waals surface area contributed by atoms with Gasteiger partial charge < -0.3 is 20.1 Å². The number of anilines is 1. The van der Waals surface area contributed by atoms with Gasteiger partial charge in [0.15, 0.2) is 16.6 Å². The number of amides is 1. The van der Waals surface area contributed by atoms with Crippen molar-refractivity contribution in [2.45, 2.75) is 13.0 Å². The van der Waals surface area contributed by atoms with Crippen molar-refractivity contribution >= 4 is 22.4 Å². The minimum atomic E-state index is -0.0669. The van der Waals surface area contributed by atoms with E-state index < -0.39 is 0 Å². The summed E-state index contributed by atoms with van der Waals surface area (Å²) in [6.07, 6.45) is 0.269. The fourth-order valence-electron chi connectivity index (χ4n) is 1.92. The second kappa shape index (κ2) is 7.65. The minimum Gasteiger partial charge on any atom is -0.493 e. The Labute approximate surface area is 133 Å². The predicted octanol–water partition coefficient (Wildman–Crippen LogP) is 2.06. The molecule has 0 saturated carbocycles. The summed E-state index contributed by atoms with van der Waals surface area (Å²) in [4.78, 5) is 16.2. The van der Waals surface area contributed by atoms with Gasteiger partial charge in [0.05, 0.1) is 26.3 Å². The number of hydrogen-bond donors (Lipinski definition) is 2. The van der Waals surface area contributed by atoms with E-state index >= 15 is 0 Å². The van der Waals surface area contributed by atoms with Crippen LogP contribution in [-0.2, 0) is 17.8 Å². The SMILES string of the molecule is CNc1nc(CC(=O)NCc2ccc(OC)c(OC)c2)cs1. The van der Waals surface area contributed by atoms with Gasteiger partial charge in [-0.05, 0) is 17.7 Å². The molecule has 2 N–H and O–H groups in total. The van der Waals surface area contributed by atoms with Crippen LogP contribution in [0.5, 0.6) is 11.5 Å². The third-order valence-corrected chi connectivity index (χ3v) is 3.95. The maximum atomic E-state index is 11.9. The van der Waals surface area contributed by atoms with E-state index in [1.165, 1.54) is 11.3 Å². The molecule has 1 heterocycles. The van der Waals surface area contributed by atoms with E-state index in [9.17, 15) is 4.79 Å². The second-order valence-electron chi connectivity index (χ2n) is 4.54. The van der Waals surface area contributed by atoms with Crippen LogP contribution in [0.25, 0.3) is 0 Å². The van der Waals surface area contributed by atoms with Crippen LogP contribution in [0.1, 0.15) is 11.3 Å². The summed E-state index contributed by atoms with van der Waals surface area (Å²) in [5.41, 5.74) is 1.71. The molecule has 1 aromatic carbocycles. The zero-order valence-electron chi connectivity index (χ0n) is 12.8. The summed E-state index contributed by atoms with van der Waals surface area (Å²) in [6.45, 7) is 0.433. The molecule has 1 amide bonds. The predicted molar refractivity (Wildman–Crippen MR) is 86.8 cm³/mol. The van der Waals surface area contributed by atoms with Crippen LogP contribution in [0.15, 0.2) is 23.6 Å². The Morgan fingerprint density at radius 3 is 2.68 bits per heavy atom. The molecule has 0 bridgehead atoms. The summed E-state index contributed by atoms with van der Waals surface area (Å²) in [5, 5.41) is 8.51. The van der Waals surface area contributed by atoms with Gasteiger partial charge >= 0.3 is 0 Å². The van der Waals surface area contributed by atoms with Crippen molar-refractivity contribution in [1.29, 1.82) is 0 Å². The highest BCUT2D eigenvalue weighted by molar-refractivity contribution is 7.13. The highest BCUT2D eigenvalue weighted by Gasteiger charge is 2.08. The molecule has 0 atom stereocenters. The molecule has 0 unspecified atom stereocenters. The minimum absolute atomic E-state index is 0.0669. The fourth-order valence-corrected chi connectivity index (χ4v) is 2.59. The lowest BCUT2D eigenvalue weighted by Crippen LogP contribution is -2.24. The molecule has 7 heteroatoms. The Hall–Kier alpha value is -2.28. The zero-order chi connectivity index (χ0) is 15.9. The van der Waals surface area contributed by atoms with Gasteiger partial charge in [-0.25, -0.2) is 4.98 Å². The fraction of sp³-hybridized carbons (Fsp3) is 0.333. The van der Waals surface area contributed by atoms with Crippen molar-refractivity contribution < 1.29 is 14.3 Å². The van der Waals surface area contributed by atoms with Crippen molar-refractivity contribution in [3.8, 4) is 11.5 Å². The summed E-state index contributed by atoms with van der Waals surface area (Å²) in [5.74, 6) is 1.25. The Balaban J connectivity index is 1.90. The van der Waals surface area contributed by atoms with Gasteiger partial charge in [-0.2, -0.15) is 0 Å². The first-order valence-corrected chi connectivity index (χ1v) is 7.64. The quantitative estimate of drug-likeness (QED) is 0.817. The largest absolute Gasteiger partial charge is 0.493 e. The second-order valence-corrected chi connectivity index (χ2v) is 5.39. The molecule has 0 aliphatic heterocycles. The van der Waals surface area contributed by atoms with Crippen molar-refractivity contribution in [3.05, 3.63) is 34.8 Å². The molecule has 0 saturated heterocycles. The molecule has 6 nitrogen and oxygen atoms in total. The molecular formula is C15H19N3O3S. The van der Waals surface area contributed by atoms with Gasteiger partial charge in [0.25, 0.3) is 0 Å². The Morgan fingerprint density at radius 2 is 2.05 bits per heavy atom. The summed E-state index contributed by atoms with van der Waals surface area (Å²) in [6, 6.07) is 5.56. The molecule has 1 aromatic heterocycles. The maximum absolute atomic E-state index is 11.9. The van der Waals surface area contributed by atoms with Crippen LogP contribution in [-0.4, -0.2) is 32.2 Å². The summed E-state index contributed by atoms with van der Waals surface area (Å²) < 4.78 is 10.4. The van der Waals surface area contributed by atoms with E-state index in [4.69, 9.17) is 9.47 Å². The molecule has 0 spiro atoms. The van der Waals surface area contributed by atoms with Gasteiger partial charge in [0.2, 0.25) is 5.91 Å². The molecule has 0 aliphatic carbocycles. The van der Waals surface area contributed by atoms with E-state index in [0.717, 1.165) is 16.4 Å². The highest BCUT2D eigenvalue weighted by atomic mass is 32.1. The number of nitrogens with zero attached hydrogens (tertiary/aromatic N) is 1. The van der Waals surface area contributed by atoms with Crippen LogP contribution in [0, 0.1) is 0 Å². The first-order chi connectivity index (χ1) is 10.7. The lowest BCUT2D eigenvalue weighted by molar-refractivity contribution is -0.120. The van der Waals surface area contributed by atoms with Gasteiger partial charge in [-0.15, -0.1) is 11.3 Å². The average molecular weight is 321 g/mol. The maximum Gasteiger partial charge on any atom is 0.226 e. The van der Waals surface area contributed by atoms with Gasteiger partial charge in [-0.3, -0.25) is 4.79 Å². The first kappa shape index (κ1) is 16.1. The van der Waals surface area contributed by atoms with Crippen LogP contribution in [0.2, 0.25) is 0 Å². The highest BCUT2D eigenvalue weighted by Crippen LogP contribution is 2.27. The number of thiazole rings is 1. The van der Waals surface area contributed by atoms with E-state index in [2.05, 4.69) is 15.6 Å². The lowest BCUT2D eigenvalue weighted by Gasteiger charge is -2.10. The zero-order valence-corrected chi connectivity index (χ0v) is 13.6. The lowest BCUT2D eigenvalue weighted by atomic mass is 10.2. The standard InChI is InChI=1S/C15H19N3O3S/c1-16-15-18-11(9-22-15)7-14(19)17-8-10-4-5-12(20-2)13(6-10)21-3/h4-6,9H,7-8H2,1-3H3,(H,16,18)(H,17,19). The summed E-state index contributed by atoms with van der Waals surface area (Å²) >= 11 is 1.48. The molecule has 2 aromatic rings. The number of ether oxygens (including phenoxy) is 2. The Morgan fingerprint density at radius 1 is 1.27 bits per heavy atom. The number of carbonyl (C=O) groups is 1. The third kappa shape index (κ3) is 4.11. The van der Waals surface area contributed by atoms with E-state index in [0.29, 0.717) is 18.0 Å². The van der Waals surface area contributed by atoms with E-state index in [1.54, 1.807) is 21.3 Å². The van der Waals surface area contributed by atoms with Gasteiger partial charge in [0, 0.05) is 19.0 Å². The van der Waals surface area contributed by atoms with E-state index in [1.807, 2.05) is 23.6 Å². The number of carbonyl (C=O) groups excluding carboxylic acids is 1. The average Bonchev–Trinajstić information content (AvgIpc) is 3.00. The van der Waals surface area contributed by atoms with Crippen LogP contribution in [0.3, 0.4) is 0 Å². The normalized spacial score (nSPS) is 10.1. The number of methoxy groups -OCH3 is 2. The number of benzene rings is 1.